The largest absolute Gasteiger partial charge is 0.378 e. The smallest absolute Gasteiger partial charge is 0.258 e. The predicted molar refractivity (Wildman–Crippen MR) is 107 cm³/mol. The molecule has 4 rings (SSSR count). The Hall–Kier alpha value is -3.14. The molecule has 1 aliphatic heterocycles. The molecule has 0 spiro atoms. The third-order valence-electron chi connectivity index (χ3n) is 5.01. The summed E-state index contributed by atoms with van der Waals surface area (Å²) >= 11 is 0. The predicted octanol–water partition coefficient (Wildman–Crippen LogP) is 5.42. The quantitative estimate of drug-likeness (QED) is 0.676. The third-order valence-corrected chi connectivity index (χ3v) is 5.01. The van der Waals surface area contributed by atoms with Gasteiger partial charge >= 0.3 is 0 Å². The van der Waals surface area contributed by atoms with Crippen molar-refractivity contribution in [3.8, 4) is 0 Å². The van der Waals surface area contributed by atoms with Crippen molar-refractivity contribution in [1.29, 1.82) is 0 Å². The molecule has 1 aliphatic rings. The summed E-state index contributed by atoms with van der Waals surface area (Å²) in [4.78, 5) is 15.0. The van der Waals surface area contributed by atoms with Crippen LogP contribution < -0.4 is 10.2 Å². The lowest BCUT2D eigenvalue weighted by Crippen LogP contribution is -2.44. The Morgan fingerprint density at radius 3 is 2.37 bits per heavy atom. The third kappa shape index (κ3) is 3.43. The van der Waals surface area contributed by atoms with Crippen LogP contribution in [0.2, 0.25) is 0 Å². The number of hydrogen-bond donors (Lipinski definition) is 1. The molecule has 0 bridgehead atoms. The van der Waals surface area contributed by atoms with Gasteiger partial charge in [0.2, 0.25) is 0 Å². The lowest BCUT2D eigenvalue weighted by atomic mass is 9.90. The number of benzene rings is 3. The first-order valence-corrected chi connectivity index (χ1v) is 9.13. The van der Waals surface area contributed by atoms with E-state index in [1.807, 2.05) is 59.5 Å². The molecular formula is C23H21FN2O. The molecule has 2 atom stereocenters. The average molecular weight is 360 g/mol. The van der Waals surface area contributed by atoms with Gasteiger partial charge in [0.25, 0.3) is 5.91 Å². The van der Waals surface area contributed by atoms with E-state index in [2.05, 4.69) is 12.2 Å². The second-order valence-electron chi connectivity index (χ2n) is 6.89. The van der Waals surface area contributed by atoms with Crippen LogP contribution in [0.25, 0.3) is 0 Å². The zero-order chi connectivity index (χ0) is 18.8. The molecule has 1 heterocycles. The summed E-state index contributed by atoms with van der Waals surface area (Å²) in [5.74, 6) is -0.242. The Labute approximate surface area is 158 Å². The number of hydrogen-bond acceptors (Lipinski definition) is 2. The molecule has 0 aromatic heterocycles. The first kappa shape index (κ1) is 17.3. The molecule has 0 saturated heterocycles. The SMILES string of the molecule is C[C@@H]1C[C@H](Nc2ccc(F)cc2)c2ccccc2N1C(=O)c1ccccc1. The van der Waals surface area contributed by atoms with Gasteiger partial charge in [-0.3, -0.25) is 4.79 Å². The number of nitrogens with one attached hydrogen (secondary N) is 1. The molecule has 3 nitrogen and oxygen atoms in total. The van der Waals surface area contributed by atoms with Crippen LogP contribution in [0.1, 0.15) is 35.3 Å². The fourth-order valence-corrected chi connectivity index (χ4v) is 3.73. The van der Waals surface area contributed by atoms with Crippen molar-refractivity contribution in [2.24, 2.45) is 0 Å². The second-order valence-corrected chi connectivity index (χ2v) is 6.89. The summed E-state index contributed by atoms with van der Waals surface area (Å²) in [5, 5.41) is 3.49. The summed E-state index contributed by atoms with van der Waals surface area (Å²) in [6.45, 7) is 2.07. The van der Waals surface area contributed by atoms with Crippen molar-refractivity contribution in [1.82, 2.24) is 0 Å². The number of amides is 1. The lowest BCUT2D eigenvalue weighted by molar-refractivity contribution is 0.0974. The average Bonchev–Trinajstić information content (AvgIpc) is 2.70. The Bertz CT molecular complexity index is 940. The van der Waals surface area contributed by atoms with Gasteiger partial charge in [-0.25, -0.2) is 4.39 Å². The molecule has 0 radical (unpaired) electrons. The lowest BCUT2D eigenvalue weighted by Gasteiger charge is -2.40. The van der Waals surface area contributed by atoms with Gasteiger partial charge in [0, 0.05) is 23.0 Å². The van der Waals surface area contributed by atoms with E-state index in [0.717, 1.165) is 23.4 Å². The fourth-order valence-electron chi connectivity index (χ4n) is 3.73. The van der Waals surface area contributed by atoms with Crippen molar-refractivity contribution < 1.29 is 9.18 Å². The first-order valence-electron chi connectivity index (χ1n) is 9.13. The maximum atomic E-state index is 13.2. The minimum absolute atomic E-state index is 0.00998. The number of halogens is 1. The first-order chi connectivity index (χ1) is 13.1. The highest BCUT2D eigenvalue weighted by atomic mass is 19.1. The minimum atomic E-state index is -0.252. The summed E-state index contributed by atoms with van der Waals surface area (Å²) < 4.78 is 13.2. The molecule has 0 saturated carbocycles. The summed E-state index contributed by atoms with van der Waals surface area (Å²) in [7, 11) is 0. The van der Waals surface area contributed by atoms with Crippen molar-refractivity contribution >= 4 is 17.3 Å². The molecule has 4 heteroatoms. The number of fused-ring (bicyclic) bond motifs is 1. The van der Waals surface area contributed by atoms with Crippen LogP contribution in [0, 0.1) is 5.82 Å². The number of nitrogens with zero attached hydrogens (tertiary/aromatic N) is 1. The van der Waals surface area contributed by atoms with Gasteiger partial charge < -0.3 is 10.2 Å². The molecule has 136 valence electrons. The number of para-hydroxylation sites is 1. The van der Waals surface area contributed by atoms with Crippen LogP contribution in [0.3, 0.4) is 0 Å². The van der Waals surface area contributed by atoms with Crippen molar-refractivity contribution in [3.63, 3.8) is 0 Å². The molecule has 27 heavy (non-hydrogen) atoms. The van der Waals surface area contributed by atoms with E-state index in [1.165, 1.54) is 12.1 Å². The summed E-state index contributed by atoms with van der Waals surface area (Å²) in [5.41, 5.74) is 3.55. The van der Waals surface area contributed by atoms with Gasteiger partial charge in [-0.05, 0) is 61.4 Å². The zero-order valence-electron chi connectivity index (χ0n) is 15.1. The molecule has 0 aliphatic carbocycles. The van der Waals surface area contributed by atoms with E-state index < -0.39 is 0 Å². The van der Waals surface area contributed by atoms with E-state index in [4.69, 9.17) is 0 Å². The Morgan fingerprint density at radius 1 is 0.963 bits per heavy atom. The van der Waals surface area contributed by atoms with E-state index in [0.29, 0.717) is 5.56 Å². The Morgan fingerprint density at radius 2 is 1.63 bits per heavy atom. The summed E-state index contributed by atoms with van der Waals surface area (Å²) in [6.07, 6.45) is 0.771. The number of carbonyl (C=O) groups is 1. The van der Waals surface area contributed by atoms with Gasteiger partial charge in [0.05, 0.1) is 6.04 Å². The molecule has 3 aromatic rings. The normalized spacial score (nSPS) is 18.7. The van der Waals surface area contributed by atoms with E-state index in [9.17, 15) is 9.18 Å². The highest BCUT2D eigenvalue weighted by Crippen LogP contribution is 2.39. The second kappa shape index (κ2) is 7.23. The molecular weight excluding hydrogens is 339 g/mol. The molecule has 0 fully saturated rings. The minimum Gasteiger partial charge on any atom is -0.378 e. The number of anilines is 2. The van der Waals surface area contributed by atoms with Crippen LogP contribution in [-0.2, 0) is 0 Å². The van der Waals surface area contributed by atoms with E-state index in [1.54, 1.807) is 12.1 Å². The van der Waals surface area contributed by atoms with Crippen LogP contribution in [-0.4, -0.2) is 11.9 Å². The van der Waals surface area contributed by atoms with Crippen LogP contribution in [0.4, 0.5) is 15.8 Å². The number of rotatable bonds is 3. The van der Waals surface area contributed by atoms with Crippen molar-refractivity contribution in [2.75, 3.05) is 10.2 Å². The van der Waals surface area contributed by atoms with Gasteiger partial charge in [-0.2, -0.15) is 0 Å². The standard InChI is InChI=1S/C23H21FN2O/c1-16-15-21(25-19-13-11-18(24)12-14-19)20-9-5-6-10-22(20)26(16)23(27)17-7-3-2-4-8-17/h2-14,16,21,25H,15H2,1H3/t16-,21+/m1/s1. The van der Waals surface area contributed by atoms with Gasteiger partial charge in [-0.1, -0.05) is 36.4 Å². The molecule has 1 amide bonds. The molecule has 0 unspecified atom stereocenters. The van der Waals surface area contributed by atoms with Gasteiger partial charge in [0.15, 0.2) is 0 Å². The van der Waals surface area contributed by atoms with Crippen LogP contribution in [0.5, 0.6) is 0 Å². The Balaban J connectivity index is 1.68. The maximum Gasteiger partial charge on any atom is 0.258 e. The Kier molecular flexibility index (Phi) is 4.63. The summed E-state index contributed by atoms with van der Waals surface area (Å²) in [6, 6.07) is 23.8. The van der Waals surface area contributed by atoms with Crippen LogP contribution in [0.15, 0.2) is 78.9 Å². The van der Waals surface area contributed by atoms with E-state index >= 15 is 0 Å². The molecule has 3 aromatic carbocycles. The van der Waals surface area contributed by atoms with Gasteiger partial charge in [-0.15, -0.1) is 0 Å². The van der Waals surface area contributed by atoms with Crippen molar-refractivity contribution in [3.05, 3.63) is 95.8 Å². The topological polar surface area (TPSA) is 32.3 Å². The molecule has 1 N–H and O–H groups in total. The number of carbonyl (C=O) groups excluding carboxylic acids is 1. The van der Waals surface area contributed by atoms with Gasteiger partial charge in [0.1, 0.15) is 5.82 Å². The maximum absolute atomic E-state index is 13.2. The fraction of sp³-hybridized carbons (Fsp3) is 0.174. The van der Waals surface area contributed by atoms with Crippen LogP contribution >= 0.6 is 0 Å². The highest BCUT2D eigenvalue weighted by Gasteiger charge is 2.33. The van der Waals surface area contributed by atoms with E-state index in [-0.39, 0.29) is 23.8 Å². The highest BCUT2D eigenvalue weighted by molar-refractivity contribution is 6.07. The van der Waals surface area contributed by atoms with Crippen molar-refractivity contribution in [2.45, 2.75) is 25.4 Å². The zero-order valence-corrected chi connectivity index (χ0v) is 15.1. The monoisotopic (exact) mass is 360 g/mol.